The van der Waals surface area contributed by atoms with Gasteiger partial charge in [-0.05, 0) is 62.4 Å². The number of carbonyl (C=O) groups excluding carboxylic acids is 1. The average molecular weight is 363 g/mol. The van der Waals surface area contributed by atoms with Crippen molar-refractivity contribution in [3.05, 3.63) is 68.8 Å². The topological polar surface area (TPSA) is 83.9 Å². The van der Waals surface area contributed by atoms with E-state index in [0.29, 0.717) is 23.6 Å². The molecule has 0 unspecified atom stereocenters. The van der Waals surface area contributed by atoms with Gasteiger partial charge in [0.05, 0.1) is 17.5 Å². The third-order valence-corrected chi connectivity index (χ3v) is 5.06. The number of benzene rings is 1. The van der Waals surface area contributed by atoms with Crippen LogP contribution >= 0.6 is 0 Å². The summed E-state index contributed by atoms with van der Waals surface area (Å²) in [7, 11) is 0. The zero-order chi connectivity index (χ0) is 19.1. The van der Waals surface area contributed by atoms with E-state index in [1.807, 2.05) is 11.8 Å². The van der Waals surface area contributed by atoms with Crippen molar-refractivity contribution in [2.45, 2.75) is 33.6 Å². The highest BCUT2D eigenvalue weighted by atomic mass is 16.2. The second-order valence-electron chi connectivity index (χ2n) is 6.97. The minimum atomic E-state index is -0.282. The minimum Gasteiger partial charge on any atom is -0.308 e. The largest absolute Gasteiger partial charge is 0.308 e. The van der Waals surface area contributed by atoms with Crippen LogP contribution in [0.1, 0.15) is 39.2 Å². The molecule has 1 aromatic carbocycles. The Hall–Kier alpha value is -3.22. The fourth-order valence-corrected chi connectivity index (χ4v) is 3.74. The molecule has 7 nitrogen and oxygen atoms in total. The fraction of sp³-hybridized carbons (Fsp3) is 0.300. The van der Waals surface area contributed by atoms with Crippen molar-refractivity contribution in [1.29, 1.82) is 0 Å². The lowest BCUT2D eigenvalue weighted by Crippen LogP contribution is -2.36. The Balaban J connectivity index is 1.73. The van der Waals surface area contributed by atoms with Crippen LogP contribution in [0.15, 0.2) is 35.3 Å². The lowest BCUT2D eigenvalue weighted by Gasteiger charge is -2.31. The van der Waals surface area contributed by atoms with Crippen LogP contribution in [0.25, 0.3) is 5.82 Å². The summed E-state index contributed by atoms with van der Waals surface area (Å²) in [5.74, 6) is 0.408. The Morgan fingerprint density at radius 1 is 1.19 bits per heavy atom. The molecule has 0 aliphatic carbocycles. The maximum atomic E-state index is 13.3. The maximum Gasteiger partial charge on any atom is 0.264 e. The van der Waals surface area contributed by atoms with Crippen LogP contribution in [0, 0.1) is 20.8 Å². The highest BCUT2D eigenvalue weighted by molar-refractivity contribution is 6.07. The van der Waals surface area contributed by atoms with Crippen LogP contribution < -0.4 is 10.5 Å². The third-order valence-electron chi connectivity index (χ3n) is 5.06. The average Bonchev–Trinajstić information content (AvgIpc) is 3.03. The van der Waals surface area contributed by atoms with E-state index in [1.54, 1.807) is 16.9 Å². The van der Waals surface area contributed by atoms with Crippen molar-refractivity contribution >= 4 is 11.6 Å². The van der Waals surface area contributed by atoms with Crippen molar-refractivity contribution in [2.75, 3.05) is 11.4 Å². The van der Waals surface area contributed by atoms with E-state index < -0.39 is 0 Å². The highest BCUT2D eigenvalue weighted by Crippen LogP contribution is 2.32. The van der Waals surface area contributed by atoms with Crippen LogP contribution in [0.2, 0.25) is 0 Å². The number of hydrogen-bond donors (Lipinski definition) is 1. The van der Waals surface area contributed by atoms with Gasteiger partial charge in [0.15, 0.2) is 5.82 Å². The molecule has 2 aromatic heterocycles. The smallest absolute Gasteiger partial charge is 0.264 e. The number of nitrogens with one attached hydrogen (secondary N) is 1. The first-order chi connectivity index (χ1) is 13.0. The van der Waals surface area contributed by atoms with E-state index >= 15 is 0 Å². The number of aromatic amines is 1. The number of anilines is 1. The first kappa shape index (κ1) is 17.2. The molecule has 3 heterocycles. The summed E-state index contributed by atoms with van der Waals surface area (Å²) < 4.78 is 1.57. The third kappa shape index (κ3) is 2.95. The molecule has 3 aromatic rings. The molecule has 1 amide bonds. The van der Waals surface area contributed by atoms with Crippen LogP contribution in [0.4, 0.5) is 5.69 Å². The predicted molar refractivity (Wildman–Crippen MR) is 103 cm³/mol. The van der Waals surface area contributed by atoms with E-state index in [4.69, 9.17) is 0 Å². The number of rotatable bonds is 2. The fourth-order valence-electron chi connectivity index (χ4n) is 3.74. The second kappa shape index (κ2) is 6.50. The molecule has 27 heavy (non-hydrogen) atoms. The van der Waals surface area contributed by atoms with E-state index in [0.717, 1.165) is 24.1 Å². The van der Waals surface area contributed by atoms with Crippen LogP contribution in [0.3, 0.4) is 0 Å². The van der Waals surface area contributed by atoms with Crippen molar-refractivity contribution in [3.63, 3.8) is 0 Å². The molecular formula is C20H21N5O2. The number of aryl methyl sites for hydroxylation is 2. The molecule has 7 heteroatoms. The van der Waals surface area contributed by atoms with Gasteiger partial charge in [-0.25, -0.2) is 9.78 Å². The summed E-state index contributed by atoms with van der Waals surface area (Å²) in [5, 5.41) is 10.7. The first-order valence-corrected chi connectivity index (χ1v) is 8.98. The number of fused-ring (bicyclic) bond motifs is 1. The van der Waals surface area contributed by atoms with E-state index in [9.17, 15) is 9.59 Å². The highest BCUT2D eigenvalue weighted by Gasteiger charge is 2.27. The SMILES string of the molecule is Cc1cc(C)c2c(c1)N(C(=O)c1cnn(-c3ccc(=O)[nH]n3)c1C)CCC2. The van der Waals surface area contributed by atoms with E-state index in [1.165, 1.54) is 17.2 Å². The van der Waals surface area contributed by atoms with Gasteiger partial charge in [-0.15, -0.1) is 0 Å². The molecule has 1 aliphatic heterocycles. The van der Waals surface area contributed by atoms with Crippen molar-refractivity contribution in [3.8, 4) is 5.82 Å². The lowest BCUT2D eigenvalue weighted by molar-refractivity contribution is 0.0984. The van der Waals surface area contributed by atoms with Crippen molar-refractivity contribution in [2.24, 2.45) is 0 Å². The van der Waals surface area contributed by atoms with Gasteiger partial charge in [-0.3, -0.25) is 9.59 Å². The van der Waals surface area contributed by atoms with Gasteiger partial charge in [0, 0.05) is 18.3 Å². The number of H-pyrrole nitrogens is 1. The number of aromatic nitrogens is 4. The zero-order valence-corrected chi connectivity index (χ0v) is 15.6. The first-order valence-electron chi connectivity index (χ1n) is 8.98. The van der Waals surface area contributed by atoms with Gasteiger partial charge in [0.25, 0.3) is 11.5 Å². The van der Waals surface area contributed by atoms with Gasteiger partial charge in [-0.2, -0.15) is 10.2 Å². The normalized spacial score (nSPS) is 13.5. The molecule has 0 spiro atoms. The Labute approximate surface area is 156 Å². The van der Waals surface area contributed by atoms with E-state index in [-0.39, 0.29) is 11.5 Å². The van der Waals surface area contributed by atoms with Crippen LogP contribution in [-0.4, -0.2) is 32.4 Å². The number of nitrogens with zero attached hydrogens (tertiary/aromatic N) is 4. The van der Waals surface area contributed by atoms with E-state index in [2.05, 4.69) is 41.3 Å². The molecular weight excluding hydrogens is 342 g/mol. The summed E-state index contributed by atoms with van der Waals surface area (Å²) in [6.45, 7) is 6.68. The Kier molecular flexibility index (Phi) is 4.14. The Morgan fingerprint density at radius 2 is 2.00 bits per heavy atom. The molecule has 0 saturated heterocycles. The molecule has 0 fully saturated rings. The molecule has 138 valence electrons. The molecule has 0 bridgehead atoms. The predicted octanol–water partition coefficient (Wildman–Crippen LogP) is 2.47. The van der Waals surface area contributed by atoms with Gasteiger partial charge < -0.3 is 4.90 Å². The second-order valence-corrected chi connectivity index (χ2v) is 6.97. The summed E-state index contributed by atoms with van der Waals surface area (Å²) >= 11 is 0. The standard InChI is InChI=1S/C20H21N5O2/c1-12-9-13(2)15-5-4-8-24(17(15)10-12)20(27)16-11-21-25(14(16)3)18-6-7-19(26)23-22-18/h6-7,9-11H,4-5,8H2,1-3H3,(H,23,26). The molecule has 1 aliphatic rings. The minimum absolute atomic E-state index is 0.0610. The van der Waals surface area contributed by atoms with Crippen LogP contribution in [-0.2, 0) is 6.42 Å². The molecule has 0 radical (unpaired) electrons. The monoisotopic (exact) mass is 363 g/mol. The lowest BCUT2D eigenvalue weighted by atomic mass is 9.94. The van der Waals surface area contributed by atoms with Gasteiger partial charge in [0.1, 0.15) is 0 Å². The summed E-state index contributed by atoms with van der Waals surface area (Å²) in [6, 6.07) is 7.22. The van der Waals surface area contributed by atoms with Gasteiger partial charge >= 0.3 is 0 Å². The quantitative estimate of drug-likeness (QED) is 0.758. The number of amides is 1. The Morgan fingerprint density at radius 3 is 2.74 bits per heavy atom. The van der Waals surface area contributed by atoms with Crippen molar-refractivity contribution in [1.82, 2.24) is 20.0 Å². The van der Waals surface area contributed by atoms with Crippen LogP contribution in [0.5, 0.6) is 0 Å². The summed E-state index contributed by atoms with van der Waals surface area (Å²) in [5.41, 5.74) is 5.57. The zero-order valence-electron chi connectivity index (χ0n) is 15.6. The van der Waals surface area contributed by atoms with Gasteiger partial charge in [0.2, 0.25) is 0 Å². The summed E-state index contributed by atoms with van der Waals surface area (Å²) in [4.78, 5) is 26.4. The number of carbonyl (C=O) groups is 1. The number of hydrogen-bond acceptors (Lipinski definition) is 4. The van der Waals surface area contributed by atoms with Crippen molar-refractivity contribution < 1.29 is 4.79 Å². The molecule has 0 saturated carbocycles. The summed E-state index contributed by atoms with van der Waals surface area (Å²) in [6.07, 6.45) is 3.50. The Bertz CT molecular complexity index is 1080. The van der Waals surface area contributed by atoms with Gasteiger partial charge in [-0.1, -0.05) is 6.07 Å². The molecule has 4 rings (SSSR count). The molecule has 0 atom stereocenters. The molecule has 1 N–H and O–H groups in total. The maximum absolute atomic E-state index is 13.3.